The number of anilines is 2. The van der Waals surface area contributed by atoms with Crippen molar-refractivity contribution in [3.8, 4) is 0 Å². The Balaban J connectivity index is 1.96. The van der Waals surface area contributed by atoms with Crippen LogP contribution < -0.4 is 5.32 Å². The lowest BCUT2D eigenvalue weighted by molar-refractivity contribution is 1.28. The minimum atomic E-state index is 0.804. The molecule has 0 fully saturated rings. The third-order valence-corrected chi connectivity index (χ3v) is 3.86. The summed E-state index contributed by atoms with van der Waals surface area (Å²) in [5.41, 5.74) is 1.02. The summed E-state index contributed by atoms with van der Waals surface area (Å²) in [5, 5.41) is 5.75. The van der Waals surface area contributed by atoms with Crippen LogP contribution in [0.25, 0.3) is 10.8 Å². The fourth-order valence-electron chi connectivity index (χ4n) is 1.91. The van der Waals surface area contributed by atoms with Crippen LogP contribution >= 0.6 is 31.9 Å². The van der Waals surface area contributed by atoms with E-state index in [1.807, 2.05) is 18.2 Å². The molecule has 0 spiro atoms. The summed E-state index contributed by atoms with van der Waals surface area (Å²) >= 11 is 6.89. The molecule has 0 aliphatic rings. The van der Waals surface area contributed by atoms with Crippen molar-refractivity contribution in [2.24, 2.45) is 0 Å². The van der Waals surface area contributed by atoms with Gasteiger partial charge in [-0.05, 0) is 60.8 Å². The Morgan fingerprint density at radius 3 is 2.47 bits per heavy atom. The van der Waals surface area contributed by atoms with Crippen molar-refractivity contribution in [1.29, 1.82) is 0 Å². The lowest BCUT2D eigenvalue weighted by Crippen LogP contribution is -1.94. The van der Waals surface area contributed by atoms with Gasteiger partial charge in [-0.3, -0.25) is 0 Å². The van der Waals surface area contributed by atoms with E-state index in [0.29, 0.717) is 0 Å². The highest BCUT2D eigenvalue weighted by molar-refractivity contribution is 9.11. The number of hydrogen-bond donors (Lipinski definition) is 1. The third-order valence-electron chi connectivity index (χ3n) is 2.82. The third kappa shape index (κ3) is 2.80. The summed E-state index contributed by atoms with van der Waals surface area (Å²) < 4.78 is 1.87. The number of hydrogen-bond acceptors (Lipinski definition) is 2. The molecular weight excluding hydrogens is 368 g/mol. The highest BCUT2D eigenvalue weighted by Gasteiger charge is 2.03. The summed E-state index contributed by atoms with van der Waals surface area (Å²) in [4.78, 5) is 4.35. The van der Waals surface area contributed by atoms with Crippen LogP contribution in [0.3, 0.4) is 0 Å². The first kappa shape index (κ1) is 12.6. The van der Waals surface area contributed by atoms with Crippen LogP contribution in [0, 0.1) is 0 Å². The van der Waals surface area contributed by atoms with Crippen LogP contribution in [0.1, 0.15) is 0 Å². The molecule has 0 saturated heterocycles. The van der Waals surface area contributed by atoms with Gasteiger partial charge in [-0.25, -0.2) is 4.98 Å². The Bertz CT molecular complexity index is 741. The van der Waals surface area contributed by atoms with Crippen LogP contribution in [-0.2, 0) is 0 Å². The second kappa shape index (κ2) is 5.31. The van der Waals surface area contributed by atoms with E-state index >= 15 is 0 Å². The van der Waals surface area contributed by atoms with E-state index in [4.69, 9.17) is 0 Å². The quantitative estimate of drug-likeness (QED) is 0.637. The van der Waals surface area contributed by atoms with Gasteiger partial charge in [-0.15, -0.1) is 0 Å². The van der Waals surface area contributed by atoms with E-state index < -0.39 is 0 Å². The molecule has 1 N–H and O–H groups in total. The Morgan fingerprint density at radius 2 is 1.68 bits per heavy atom. The molecule has 0 aliphatic carbocycles. The average Bonchev–Trinajstić information content (AvgIpc) is 2.42. The number of benzene rings is 2. The SMILES string of the molecule is Brc1cnc(Nc2ccc3ccccc3c2)c(Br)c1. The summed E-state index contributed by atoms with van der Waals surface area (Å²) in [6.07, 6.45) is 1.77. The van der Waals surface area contributed by atoms with Gasteiger partial charge in [0.2, 0.25) is 0 Å². The van der Waals surface area contributed by atoms with E-state index in [0.717, 1.165) is 20.5 Å². The Hall–Kier alpha value is -1.39. The molecule has 3 aromatic rings. The highest BCUT2D eigenvalue weighted by atomic mass is 79.9. The summed E-state index contributed by atoms with van der Waals surface area (Å²) in [6.45, 7) is 0. The molecule has 0 amide bonds. The van der Waals surface area contributed by atoms with Gasteiger partial charge >= 0.3 is 0 Å². The number of nitrogens with zero attached hydrogens (tertiary/aromatic N) is 1. The number of nitrogens with one attached hydrogen (secondary N) is 1. The second-order valence-electron chi connectivity index (χ2n) is 4.17. The number of rotatable bonds is 2. The molecule has 94 valence electrons. The molecule has 1 heterocycles. The standard InChI is InChI=1S/C15H10Br2N2/c16-12-8-14(17)15(18-9-12)19-13-6-5-10-3-1-2-4-11(10)7-13/h1-9H,(H,18,19). The second-order valence-corrected chi connectivity index (χ2v) is 5.94. The molecule has 0 saturated carbocycles. The van der Waals surface area contributed by atoms with Crippen LogP contribution in [0.15, 0.2) is 63.7 Å². The van der Waals surface area contributed by atoms with Crippen molar-refractivity contribution in [3.63, 3.8) is 0 Å². The lowest BCUT2D eigenvalue weighted by Gasteiger charge is -2.08. The van der Waals surface area contributed by atoms with Gasteiger partial charge in [0.05, 0.1) is 4.47 Å². The lowest BCUT2D eigenvalue weighted by atomic mass is 10.1. The Morgan fingerprint density at radius 1 is 0.895 bits per heavy atom. The monoisotopic (exact) mass is 376 g/mol. The van der Waals surface area contributed by atoms with Gasteiger partial charge < -0.3 is 5.32 Å². The van der Waals surface area contributed by atoms with Crippen molar-refractivity contribution in [3.05, 3.63) is 63.7 Å². The number of halogens is 2. The molecule has 2 aromatic carbocycles. The van der Waals surface area contributed by atoms with Gasteiger partial charge in [0.15, 0.2) is 0 Å². The number of aromatic nitrogens is 1. The molecule has 0 radical (unpaired) electrons. The smallest absolute Gasteiger partial charge is 0.144 e. The van der Waals surface area contributed by atoms with Gasteiger partial charge in [0, 0.05) is 16.4 Å². The molecule has 4 heteroatoms. The first-order valence-electron chi connectivity index (χ1n) is 5.79. The van der Waals surface area contributed by atoms with E-state index in [1.165, 1.54) is 10.8 Å². The zero-order valence-electron chi connectivity index (χ0n) is 9.90. The predicted octanol–water partition coefficient (Wildman–Crippen LogP) is 5.50. The zero-order valence-corrected chi connectivity index (χ0v) is 13.1. The van der Waals surface area contributed by atoms with Crippen LogP contribution in [0.5, 0.6) is 0 Å². The van der Waals surface area contributed by atoms with E-state index in [-0.39, 0.29) is 0 Å². The van der Waals surface area contributed by atoms with E-state index in [1.54, 1.807) is 6.20 Å². The molecule has 0 unspecified atom stereocenters. The van der Waals surface area contributed by atoms with Crippen LogP contribution in [0.2, 0.25) is 0 Å². The van der Waals surface area contributed by atoms with Crippen LogP contribution in [-0.4, -0.2) is 4.98 Å². The van der Waals surface area contributed by atoms with Gasteiger partial charge in [-0.2, -0.15) is 0 Å². The Kier molecular flexibility index (Phi) is 3.53. The van der Waals surface area contributed by atoms with E-state index in [9.17, 15) is 0 Å². The largest absolute Gasteiger partial charge is 0.339 e. The molecule has 2 nitrogen and oxygen atoms in total. The summed E-state index contributed by atoms with van der Waals surface area (Å²) in [5.74, 6) is 0.804. The normalized spacial score (nSPS) is 10.6. The molecule has 0 atom stereocenters. The fraction of sp³-hybridized carbons (Fsp3) is 0. The summed E-state index contributed by atoms with van der Waals surface area (Å²) in [6, 6.07) is 16.5. The minimum absolute atomic E-state index is 0.804. The molecular formula is C15H10Br2N2. The van der Waals surface area contributed by atoms with Crippen molar-refractivity contribution >= 4 is 54.1 Å². The maximum absolute atomic E-state index is 4.35. The Labute approximate surface area is 128 Å². The van der Waals surface area contributed by atoms with Crippen LogP contribution in [0.4, 0.5) is 11.5 Å². The van der Waals surface area contributed by atoms with Crippen molar-refractivity contribution in [2.45, 2.75) is 0 Å². The molecule has 19 heavy (non-hydrogen) atoms. The maximum Gasteiger partial charge on any atom is 0.144 e. The molecule has 0 bridgehead atoms. The van der Waals surface area contributed by atoms with E-state index in [2.05, 4.69) is 72.5 Å². The first-order chi connectivity index (χ1) is 9.22. The van der Waals surface area contributed by atoms with Crippen molar-refractivity contribution in [2.75, 3.05) is 5.32 Å². The fourth-order valence-corrected chi connectivity index (χ4v) is 3.00. The maximum atomic E-state index is 4.35. The zero-order chi connectivity index (χ0) is 13.2. The van der Waals surface area contributed by atoms with Gasteiger partial charge in [0.1, 0.15) is 5.82 Å². The molecule has 3 rings (SSSR count). The van der Waals surface area contributed by atoms with Gasteiger partial charge in [0.25, 0.3) is 0 Å². The average molecular weight is 378 g/mol. The van der Waals surface area contributed by atoms with Crippen molar-refractivity contribution < 1.29 is 0 Å². The highest BCUT2D eigenvalue weighted by Crippen LogP contribution is 2.27. The predicted molar refractivity (Wildman–Crippen MR) is 86.9 cm³/mol. The molecule has 0 aliphatic heterocycles. The first-order valence-corrected chi connectivity index (χ1v) is 7.38. The minimum Gasteiger partial charge on any atom is -0.339 e. The van der Waals surface area contributed by atoms with Crippen molar-refractivity contribution in [1.82, 2.24) is 4.98 Å². The summed E-state index contributed by atoms with van der Waals surface area (Å²) in [7, 11) is 0. The number of fused-ring (bicyclic) bond motifs is 1. The van der Waals surface area contributed by atoms with Gasteiger partial charge in [-0.1, -0.05) is 30.3 Å². The topological polar surface area (TPSA) is 24.9 Å². The number of pyridine rings is 1. The molecule has 1 aromatic heterocycles.